The van der Waals surface area contributed by atoms with Crippen LogP contribution in [0.2, 0.25) is 0 Å². The van der Waals surface area contributed by atoms with Crippen LogP contribution in [0.5, 0.6) is 0 Å². The molecule has 1 heterocycles. The number of imide groups is 1. The third kappa shape index (κ3) is 2.51. The van der Waals surface area contributed by atoms with Crippen LogP contribution >= 0.6 is 12.2 Å². The quantitative estimate of drug-likeness (QED) is 0.545. The second kappa shape index (κ2) is 4.50. The molecule has 0 bridgehead atoms. The van der Waals surface area contributed by atoms with Crippen LogP contribution in [0.4, 0.5) is 0 Å². The molecule has 1 aliphatic heterocycles. The molecule has 4 nitrogen and oxygen atoms in total. The van der Waals surface area contributed by atoms with Gasteiger partial charge in [-0.2, -0.15) is 0 Å². The molecule has 0 aliphatic carbocycles. The Morgan fingerprint density at radius 3 is 2.71 bits per heavy atom. The predicted octanol–water partition coefficient (Wildman–Crippen LogP) is 0.448. The Hall–Kier alpha value is -0.970. The summed E-state index contributed by atoms with van der Waals surface area (Å²) in [5.74, 6) is -0.310. The first-order chi connectivity index (χ1) is 6.52. The topological polar surface area (TPSA) is 63.4 Å². The van der Waals surface area contributed by atoms with Gasteiger partial charge in [0.15, 0.2) is 0 Å². The molecular formula is C9H14N2O2S. The summed E-state index contributed by atoms with van der Waals surface area (Å²) >= 11 is 4.71. The normalized spacial score (nSPS) is 21.8. The van der Waals surface area contributed by atoms with E-state index in [0.29, 0.717) is 30.8 Å². The second-order valence-electron chi connectivity index (χ2n) is 3.56. The first-order valence-electron chi connectivity index (χ1n) is 4.65. The molecule has 1 fully saturated rings. The average Bonchev–Trinajstić information content (AvgIpc) is 2.31. The van der Waals surface area contributed by atoms with Gasteiger partial charge in [0.2, 0.25) is 11.8 Å². The maximum absolute atomic E-state index is 11.4. The third-order valence-corrected chi connectivity index (χ3v) is 2.48. The predicted molar refractivity (Wildman–Crippen MR) is 56.5 cm³/mol. The van der Waals surface area contributed by atoms with Gasteiger partial charge in [-0.3, -0.25) is 14.5 Å². The first-order valence-corrected chi connectivity index (χ1v) is 5.05. The Balaban J connectivity index is 2.41. The van der Waals surface area contributed by atoms with Crippen molar-refractivity contribution >= 4 is 29.0 Å². The van der Waals surface area contributed by atoms with Crippen molar-refractivity contribution in [3.63, 3.8) is 0 Å². The molecule has 78 valence electrons. The van der Waals surface area contributed by atoms with Gasteiger partial charge in [-0.05, 0) is 12.8 Å². The van der Waals surface area contributed by atoms with E-state index < -0.39 is 0 Å². The molecule has 1 unspecified atom stereocenters. The number of nitrogens with zero attached hydrogens (tertiary/aromatic N) is 1. The largest absolute Gasteiger partial charge is 0.393 e. The maximum atomic E-state index is 11.4. The fourth-order valence-electron chi connectivity index (χ4n) is 1.49. The molecular weight excluding hydrogens is 200 g/mol. The lowest BCUT2D eigenvalue weighted by molar-refractivity contribution is -0.139. The summed E-state index contributed by atoms with van der Waals surface area (Å²) in [7, 11) is 0. The van der Waals surface area contributed by atoms with Gasteiger partial charge in [0.1, 0.15) is 0 Å². The van der Waals surface area contributed by atoms with Crippen molar-refractivity contribution in [1.82, 2.24) is 4.90 Å². The summed E-state index contributed by atoms with van der Waals surface area (Å²) in [6, 6.07) is 0. The van der Waals surface area contributed by atoms with E-state index in [9.17, 15) is 9.59 Å². The van der Waals surface area contributed by atoms with Crippen LogP contribution in [0.1, 0.15) is 26.2 Å². The van der Waals surface area contributed by atoms with Crippen LogP contribution in [0.15, 0.2) is 0 Å². The number of likely N-dealkylation sites (tertiary alicyclic amines) is 1. The molecule has 1 atom stereocenters. The SMILES string of the molecule is CC1CC(=O)N(CCCC(N)=S)C1=O. The minimum atomic E-state index is -0.160. The van der Waals surface area contributed by atoms with E-state index in [-0.39, 0.29) is 17.7 Å². The zero-order valence-corrected chi connectivity index (χ0v) is 8.97. The van der Waals surface area contributed by atoms with E-state index in [0.717, 1.165) is 0 Å². The average molecular weight is 214 g/mol. The zero-order chi connectivity index (χ0) is 10.7. The van der Waals surface area contributed by atoms with Gasteiger partial charge in [-0.25, -0.2) is 0 Å². The number of rotatable bonds is 4. The molecule has 0 spiro atoms. The highest BCUT2D eigenvalue weighted by Gasteiger charge is 2.34. The highest BCUT2D eigenvalue weighted by atomic mass is 32.1. The number of thiocarbonyl (C=S) groups is 1. The van der Waals surface area contributed by atoms with Crippen molar-refractivity contribution in [2.24, 2.45) is 11.7 Å². The lowest BCUT2D eigenvalue weighted by atomic mass is 10.1. The Labute approximate surface area is 88.4 Å². The minimum Gasteiger partial charge on any atom is -0.393 e. The molecule has 1 aliphatic rings. The van der Waals surface area contributed by atoms with E-state index in [4.69, 9.17) is 18.0 Å². The second-order valence-corrected chi connectivity index (χ2v) is 4.08. The van der Waals surface area contributed by atoms with Gasteiger partial charge in [-0.1, -0.05) is 19.1 Å². The van der Waals surface area contributed by atoms with Crippen molar-refractivity contribution in [2.45, 2.75) is 26.2 Å². The van der Waals surface area contributed by atoms with Crippen LogP contribution < -0.4 is 5.73 Å². The number of amides is 2. The van der Waals surface area contributed by atoms with Gasteiger partial charge >= 0.3 is 0 Å². The van der Waals surface area contributed by atoms with Crippen molar-refractivity contribution in [3.8, 4) is 0 Å². The number of hydrogen-bond acceptors (Lipinski definition) is 3. The molecule has 5 heteroatoms. The van der Waals surface area contributed by atoms with E-state index in [1.165, 1.54) is 4.90 Å². The fourth-order valence-corrected chi connectivity index (χ4v) is 1.64. The molecule has 0 aromatic rings. The Morgan fingerprint density at radius 2 is 2.29 bits per heavy atom. The molecule has 0 radical (unpaired) electrons. The molecule has 0 saturated carbocycles. The highest BCUT2D eigenvalue weighted by Crippen LogP contribution is 2.18. The summed E-state index contributed by atoms with van der Waals surface area (Å²) in [6.07, 6.45) is 1.59. The molecule has 2 N–H and O–H groups in total. The molecule has 14 heavy (non-hydrogen) atoms. The van der Waals surface area contributed by atoms with Crippen LogP contribution in [0, 0.1) is 5.92 Å². The third-order valence-electron chi connectivity index (χ3n) is 2.27. The maximum Gasteiger partial charge on any atom is 0.232 e. The van der Waals surface area contributed by atoms with Gasteiger partial charge in [0.25, 0.3) is 0 Å². The molecule has 1 rings (SSSR count). The summed E-state index contributed by atoms with van der Waals surface area (Å²) in [6.45, 7) is 2.22. The van der Waals surface area contributed by atoms with Crippen LogP contribution in [-0.2, 0) is 9.59 Å². The van der Waals surface area contributed by atoms with Crippen molar-refractivity contribution in [3.05, 3.63) is 0 Å². The number of carbonyl (C=O) groups excluding carboxylic acids is 2. The molecule has 1 saturated heterocycles. The summed E-state index contributed by atoms with van der Waals surface area (Å²) in [5.41, 5.74) is 5.32. The molecule has 0 aromatic heterocycles. The lowest BCUT2D eigenvalue weighted by Crippen LogP contribution is -2.31. The number of nitrogens with two attached hydrogens (primary N) is 1. The van der Waals surface area contributed by atoms with Crippen LogP contribution in [0.25, 0.3) is 0 Å². The number of hydrogen-bond donors (Lipinski definition) is 1. The number of carbonyl (C=O) groups is 2. The van der Waals surface area contributed by atoms with E-state index in [2.05, 4.69) is 0 Å². The van der Waals surface area contributed by atoms with Gasteiger partial charge in [-0.15, -0.1) is 0 Å². The van der Waals surface area contributed by atoms with Crippen LogP contribution in [-0.4, -0.2) is 28.2 Å². The Kier molecular flexibility index (Phi) is 3.57. The lowest BCUT2D eigenvalue weighted by Gasteiger charge is -2.13. The zero-order valence-electron chi connectivity index (χ0n) is 8.16. The summed E-state index contributed by atoms with van der Waals surface area (Å²) in [5, 5.41) is 0. The van der Waals surface area contributed by atoms with Crippen molar-refractivity contribution in [1.29, 1.82) is 0 Å². The van der Waals surface area contributed by atoms with Gasteiger partial charge in [0.05, 0.1) is 4.99 Å². The van der Waals surface area contributed by atoms with Gasteiger partial charge < -0.3 is 5.73 Å². The van der Waals surface area contributed by atoms with E-state index in [1.54, 1.807) is 6.92 Å². The first kappa shape index (κ1) is 11.1. The summed E-state index contributed by atoms with van der Waals surface area (Å²) < 4.78 is 0. The van der Waals surface area contributed by atoms with Crippen molar-refractivity contribution in [2.75, 3.05) is 6.54 Å². The monoisotopic (exact) mass is 214 g/mol. The van der Waals surface area contributed by atoms with E-state index in [1.807, 2.05) is 0 Å². The highest BCUT2D eigenvalue weighted by molar-refractivity contribution is 7.80. The van der Waals surface area contributed by atoms with Gasteiger partial charge in [0, 0.05) is 18.9 Å². The Morgan fingerprint density at radius 1 is 1.64 bits per heavy atom. The van der Waals surface area contributed by atoms with Crippen molar-refractivity contribution < 1.29 is 9.59 Å². The fraction of sp³-hybridized carbons (Fsp3) is 0.667. The summed E-state index contributed by atoms with van der Waals surface area (Å²) in [4.78, 5) is 24.5. The molecule has 0 aromatic carbocycles. The molecule has 2 amide bonds. The standard InChI is InChI=1S/C9H14N2O2S/c1-6-5-8(12)11(9(6)13)4-2-3-7(10)14/h6H,2-5H2,1H3,(H2,10,14). The minimum absolute atomic E-state index is 0.0714. The Bertz CT molecular complexity index is 278. The van der Waals surface area contributed by atoms with E-state index >= 15 is 0 Å². The van der Waals surface area contributed by atoms with Crippen LogP contribution in [0.3, 0.4) is 0 Å². The smallest absolute Gasteiger partial charge is 0.232 e.